The number of aromatic nitrogens is 1. The number of hydrogen-bond donors (Lipinski definition) is 2. The highest BCUT2D eigenvalue weighted by molar-refractivity contribution is 9.10. The molecule has 0 atom stereocenters. The molecule has 3 aromatic rings. The predicted molar refractivity (Wildman–Crippen MR) is 113 cm³/mol. The summed E-state index contributed by atoms with van der Waals surface area (Å²) in [5.74, 6) is -0.195. The Labute approximate surface area is 172 Å². The molecule has 5 nitrogen and oxygen atoms in total. The zero-order valence-electron chi connectivity index (χ0n) is 15.2. The van der Waals surface area contributed by atoms with Crippen LogP contribution in [-0.2, 0) is 17.8 Å². The smallest absolute Gasteiger partial charge is 0.257 e. The maximum absolute atomic E-state index is 12.1. The van der Waals surface area contributed by atoms with E-state index in [4.69, 9.17) is 0 Å². The molecular weight excluding hydrogens is 418 g/mol. The first-order chi connectivity index (χ1) is 13.6. The molecule has 1 aromatic heterocycles. The van der Waals surface area contributed by atoms with Crippen LogP contribution in [0, 0.1) is 0 Å². The number of pyridine rings is 1. The molecule has 3 rings (SSSR count). The normalized spacial score (nSPS) is 10.3. The zero-order valence-corrected chi connectivity index (χ0v) is 16.8. The highest BCUT2D eigenvalue weighted by atomic mass is 79.9. The minimum atomic E-state index is -0.206. The van der Waals surface area contributed by atoms with Gasteiger partial charge in [-0.1, -0.05) is 40.2 Å². The van der Waals surface area contributed by atoms with Crippen molar-refractivity contribution in [3.8, 4) is 0 Å². The molecule has 0 unspecified atom stereocenters. The molecule has 0 radical (unpaired) electrons. The van der Waals surface area contributed by atoms with Gasteiger partial charge >= 0.3 is 0 Å². The van der Waals surface area contributed by atoms with Crippen LogP contribution in [0.15, 0.2) is 77.5 Å². The van der Waals surface area contributed by atoms with Crippen LogP contribution in [0.2, 0.25) is 0 Å². The van der Waals surface area contributed by atoms with Crippen LogP contribution in [0.4, 0.5) is 5.69 Å². The number of carbonyl (C=O) groups excluding carboxylic acids is 2. The largest absolute Gasteiger partial charge is 0.352 e. The summed E-state index contributed by atoms with van der Waals surface area (Å²) in [6.45, 7) is 0.454. The fraction of sp³-hybridized carbons (Fsp3) is 0.136. The first-order valence-electron chi connectivity index (χ1n) is 8.91. The summed E-state index contributed by atoms with van der Waals surface area (Å²) in [6.07, 6.45) is 4.30. The average Bonchev–Trinajstić information content (AvgIpc) is 2.73. The van der Waals surface area contributed by atoms with E-state index in [9.17, 15) is 9.59 Å². The van der Waals surface area contributed by atoms with Crippen LogP contribution in [0.3, 0.4) is 0 Å². The number of anilines is 1. The molecule has 2 amide bonds. The molecule has 2 aromatic carbocycles. The van der Waals surface area contributed by atoms with Crippen molar-refractivity contribution >= 4 is 33.4 Å². The van der Waals surface area contributed by atoms with Crippen molar-refractivity contribution in [3.63, 3.8) is 0 Å². The van der Waals surface area contributed by atoms with Crippen molar-refractivity contribution in [3.05, 3.63) is 94.2 Å². The molecule has 0 aliphatic carbocycles. The Morgan fingerprint density at radius 1 is 0.929 bits per heavy atom. The second-order valence-corrected chi connectivity index (χ2v) is 7.21. The van der Waals surface area contributed by atoms with E-state index in [2.05, 4.69) is 31.5 Å². The molecule has 0 fully saturated rings. The topological polar surface area (TPSA) is 71.1 Å². The fourth-order valence-corrected chi connectivity index (χ4v) is 2.87. The van der Waals surface area contributed by atoms with E-state index >= 15 is 0 Å². The Balaban J connectivity index is 1.44. The molecule has 0 aliphatic heterocycles. The SMILES string of the molecule is O=C(CCc1ccc(Br)cc1)NCc1ccc(NC(=O)c2cccnc2)cc1. The number of nitrogens with one attached hydrogen (secondary N) is 2. The van der Waals surface area contributed by atoms with Gasteiger partial charge in [0.2, 0.25) is 5.91 Å². The van der Waals surface area contributed by atoms with E-state index in [1.807, 2.05) is 48.5 Å². The quantitative estimate of drug-likeness (QED) is 0.577. The van der Waals surface area contributed by atoms with Crippen molar-refractivity contribution in [1.82, 2.24) is 10.3 Å². The molecule has 6 heteroatoms. The van der Waals surface area contributed by atoms with Crippen molar-refractivity contribution < 1.29 is 9.59 Å². The van der Waals surface area contributed by atoms with Crippen LogP contribution in [-0.4, -0.2) is 16.8 Å². The van der Waals surface area contributed by atoms with Crippen molar-refractivity contribution in [2.45, 2.75) is 19.4 Å². The van der Waals surface area contributed by atoms with Gasteiger partial charge in [-0.25, -0.2) is 0 Å². The third-order valence-corrected chi connectivity index (χ3v) is 4.71. The minimum absolute atomic E-state index is 0.0110. The van der Waals surface area contributed by atoms with Gasteiger partial charge in [-0.05, 0) is 53.9 Å². The van der Waals surface area contributed by atoms with Gasteiger partial charge in [0.25, 0.3) is 5.91 Å². The van der Waals surface area contributed by atoms with E-state index < -0.39 is 0 Å². The second-order valence-electron chi connectivity index (χ2n) is 6.30. The van der Waals surface area contributed by atoms with Gasteiger partial charge < -0.3 is 10.6 Å². The van der Waals surface area contributed by atoms with Gasteiger partial charge in [-0.15, -0.1) is 0 Å². The third kappa shape index (κ3) is 6.03. The fourth-order valence-electron chi connectivity index (χ4n) is 2.60. The zero-order chi connectivity index (χ0) is 19.8. The predicted octanol–water partition coefficient (Wildman–Crippen LogP) is 4.35. The number of benzene rings is 2. The molecule has 142 valence electrons. The summed E-state index contributed by atoms with van der Waals surface area (Å²) in [5.41, 5.74) is 3.30. The number of aryl methyl sites for hydroxylation is 1. The first kappa shape index (κ1) is 19.8. The lowest BCUT2D eigenvalue weighted by Crippen LogP contribution is -2.23. The van der Waals surface area contributed by atoms with Gasteiger partial charge in [0.05, 0.1) is 5.56 Å². The minimum Gasteiger partial charge on any atom is -0.352 e. The lowest BCUT2D eigenvalue weighted by molar-refractivity contribution is -0.121. The Kier molecular flexibility index (Phi) is 6.92. The Morgan fingerprint density at radius 2 is 1.64 bits per heavy atom. The first-order valence-corrected chi connectivity index (χ1v) is 9.71. The van der Waals surface area contributed by atoms with Crippen LogP contribution in [0.1, 0.15) is 27.9 Å². The summed E-state index contributed by atoms with van der Waals surface area (Å²) < 4.78 is 1.03. The Morgan fingerprint density at radius 3 is 2.32 bits per heavy atom. The van der Waals surface area contributed by atoms with Crippen molar-refractivity contribution in [1.29, 1.82) is 0 Å². The molecule has 1 heterocycles. The number of hydrogen-bond acceptors (Lipinski definition) is 3. The summed E-state index contributed by atoms with van der Waals surface area (Å²) in [7, 11) is 0. The van der Waals surface area contributed by atoms with E-state index in [-0.39, 0.29) is 11.8 Å². The molecule has 28 heavy (non-hydrogen) atoms. The number of carbonyl (C=O) groups is 2. The van der Waals surface area contributed by atoms with E-state index in [0.29, 0.717) is 30.6 Å². The molecule has 0 spiro atoms. The average molecular weight is 438 g/mol. The van der Waals surface area contributed by atoms with Crippen molar-refractivity contribution in [2.75, 3.05) is 5.32 Å². The third-order valence-electron chi connectivity index (χ3n) is 4.18. The maximum Gasteiger partial charge on any atom is 0.257 e. The number of nitrogens with zero attached hydrogens (tertiary/aromatic N) is 1. The van der Waals surface area contributed by atoms with Gasteiger partial charge in [0, 0.05) is 35.5 Å². The van der Waals surface area contributed by atoms with Crippen LogP contribution < -0.4 is 10.6 Å². The standard InChI is InChI=1S/C22H20BrN3O2/c23-19-8-3-16(4-9-19)7-12-21(27)25-14-17-5-10-20(11-6-17)26-22(28)18-2-1-13-24-15-18/h1-6,8-11,13,15H,7,12,14H2,(H,25,27)(H,26,28). The van der Waals surface area contributed by atoms with Crippen molar-refractivity contribution in [2.24, 2.45) is 0 Å². The van der Waals surface area contributed by atoms with E-state index in [0.717, 1.165) is 15.6 Å². The van der Waals surface area contributed by atoms with E-state index in [1.54, 1.807) is 18.3 Å². The lowest BCUT2D eigenvalue weighted by atomic mass is 10.1. The Hall–Kier alpha value is -2.99. The lowest BCUT2D eigenvalue weighted by Gasteiger charge is -2.08. The summed E-state index contributed by atoms with van der Waals surface area (Å²) in [4.78, 5) is 28.1. The molecule has 0 aliphatic rings. The molecule has 2 N–H and O–H groups in total. The molecule has 0 saturated heterocycles. The van der Waals surface area contributed by atoms with Crippen LogP contribution in [0.25, 0.3) is 0 Å². The van der Waals surface area contributed by atoms with Gasteiger partial charge in [-0.2, -0.15) is 0 Å². The number of amides is 2. The summed E-state index contributed by atoms with van der Waals surface area (Å²) in [6, 6.07) is 18.8. The molecular formula is C22H20BrN3O2. The monoisotopic (exact) mass is 437 g/mol. The van der Waals surface area contributed by atoms with Gasteiger partial charge in [-0.3, -0.25) is 14.6 Å². The summed E-state index contributed by atoms with van der Waals surface area (Å²) in [5, 5.41) is 5.75. The van der Waals surface area contributed by atoms with Gasteiger partial charge in [0.1, 0.15) is 0 Å². The highest BCUT2D eigenvalue weighted by Crippen LogP contribution is 2.13. The Bertz CT molecular complexity index is 926. The van der Waals surface area contributed by atoms with Gasteiger partial charge in [0.15, 0.2) is 0 Å². The highest BCUT2D eigenvalue weighted by Gasteiger charge is 2.06. The maximum atomic E-state index is 12.1. The van der Waals surface area contributed by atoms with Crippen LogP contribution >= 0.6 is 15.9 Å². The summed E-state index contributed by atoms with van der Waals surface area (Å²) >= 11 is 3.40. The number of halogens is 1. The molecule has 0 bridgehead atoms. The number of rotatable bonds is 7. The van der Waals surface area contributed by atoms with Crippen LogP contribution in [0.5, 0.6) is 0 Å². The molecule has 0 saturated carbocycles. The second kappa shape index (κ2) is 9.80. The van der Waals surface area contributed by atoms with E-state index in [1.165, 1.54) is 6.20 Å².